The Hall–Kier alpha value is -1.89. The topological polar surface area (TPSA) is 53.6 Å². The number of aromatic amines is 1. The highest BCUT2D eigenvalue weighted by molar-refractivity contribution is 5.19. The number of hydrogen-bond acceptors (Lipinski definition) is 3. The quantitative estimate of drug-likeness (QED) is 0.895. The number of rotatable bonds is 4. The minimum Gasteiger partial charge on any atom is -0.344 e. The van der Waals surface area contributed by atoms with Crippen LogP contribution in [0.3, 0.4) is 0 Å². The van der Waals surface area contributed by atoms with Crippen LogP contribution in [0.4, 0.5) is 13.2 Å². The third kappa shape index (κ3) is 3.31. The summed E-state index contributed by atoms with van der Waals surface area (Å²) in [5, 5.41) is 2.21. The molecule has 0 aromatic carbocycles. The molecule has 2 rings (SSSR count). The van der Waals surface area contributed by atoms with Crippen LogP contribution in [0.5, 0.6) is 0 Å². The highest BCUT2D eigenvalue weighted by Crippen LogP contribution is 2.30. The van der Waals surface area contributed by atoms with Gasteiger partial charge in [-0.2, -0.15) is 13.2 Å². The van der Waals surface area contributed by atoms with Crippen molar-refractivity contribution in [3.05, 3.63) is 47.8 Å². The van der Waals surface area contributed by atoms with E-state index in [0.717, 1.165) is 5.56 Å². The molecule has 0 aliphatic rings. The zero-order valence-electron chi connectivity index (χ0n) is 10.2. The van der Waals surface area contributed by atoms with Crippen molar-refractivity contribution in [2.75, 3.05) is 7.05 Å². The monoisotopic (exact) mass is 270 g/mol. The molecule has 0 saturated carbocycles. The fourth-order valence-corrected chi connectivity index (χ4v) is 1.79. The third-order valence-electron chi connectivity index (χ3n) is 2.68. The van der Waals surface area contributed by atoms with Gasteiger partial charge in [-0.1, -0.05) is 0 Å². The molecule has 0 bridgehead atoms. The van der Waals surface area contributed by atoms with E-state index in [-0.39, 0.29) is 5.82 Å². The molecule has 7 heteroatoms. The summed E-state index contributed by atoms with van der Waals surface area (Å²) in [4.78, 5) is 10.4. The lowest BCUT2D eigenvalue weighted by Gasteiger charge is -2.16. The smallest absolute Gasteiger partial charge is 0.344 e. The Labute approximate surface area is 108 Å². The number of alkyl halides is 3. The Morgan fingerprint density at radius 3 is 2.58 bits per heavy atom. The van der Waals surface area contributed by atoms with E-state index in [4.69, 9.17) is 0 Å². The lowest BCUT2D eigenvalue weighted by Crippen LogP contribution is -2.32. The molecular weight excluding hydrogens is 257 g/mol. The van der Waals surface area contributed by atoms with Crippen LogP contribution in [0.2, 0.25) is 0 Å². The van der Waals surface area contributed by atoms with Gasteiger partial charge in [0.15, 0.2) is 6.04 Å². The molecule has 2 N–H and O–H groups in total. The fourth-order valence-electron chi connectivity index (χ4n) is 1.79. The number of pyridine rings is 1. The zero-order chi connectivity index (χ0) is 13.9. The maximum Gasteiger partial charge on any atom is 0.410 e. The van der Waals surface area contributed by atoms with E-state index in [0.29, 0.717) is 12.1 Å². The molecule has 102 valence electrons. The van der Waals surface area contributed by atoms with Crippen LogP contribution in [0, 0.1) is 0 Å². The maximum atomic E-state index is 12.7. The Morgan fingerprint density at radius 2 is 2.00 bits per heavy atom. The largest absolute Gasteiger partial charge is 0.410 e. The van der Waals surface area contributed by atoms with Crippen molar-refractivity contribution >= 4 is 0 Å². The van der Waals surface area contributed by atoms with E-state index in [9.17, 15) is 13.2 Å². The molecule has 2 aromatic heterocycles. The van der Waals surface area contributed by atoms with Gasteiger partial charge in [0.1, 0.15) is 5.82 Å². The number of halogens is 3. The normalized spacial score (nSPS) is 13.5. The zero-order valence-corrected chi connectivity index (χ0v) is 10.2. The van der Waals surface area contributed by atoms with E-state index in [2.05, 4.69) is 20.3 Å². The number of hydrogen-bond donors (Lipinski definition) is 2. The van der Waals surface area contributed by atoms with Gasteiger partial charge in [0.2, 0.25) is 0 Å². The third-order valence-corrected chi connectivity index (χ3v) is 2.68. The second kappa shape index (κ2) is 5.40. The van der Waals surface area contributed by atoms with Crippen LogP contribution in [-0.2, 0) is 6.42 Å². The average Bonchev–Trinajstić information content (AvgIpc) is 2.77. The maximum absolute atomic E-state index is 12.7. The summed E-state index contributed by atoms with van der Waals surface area (Å²) in [6.07, 6.45) is 0.813. The predicted octanol–water partition coefficient (Wildman–Crippen LogP) is 2.22. The molecule has 0 fully saturated rings. The van der Waals surface area contributed by atoms with Gasteiger partial charge in [0, 0.05) is 30.7 Å². The molecule has 0 amide bonds. The van der Waals surface area contributed by atoms with Crippen molar-refractivity contribution in [3.8, 4) is 0 Å². The molecule has 2 heterocycles. The van der Waals surface area contributed by atoms with Crippen LogP contribution in [-0.4, -0.2) is 28.2 Å². The van der Waals surface area contributed by atoms with E-state index in [1.807, 2.05) is 0 Å². The summed E-state index contributed by atoms with van der Waals surface area (Å²) in [6, 6.07) is 1.83. The molecule has 0 saturated heterocycles. The fraction of sp³-hybridized carbons (Fsp3) is 0.333. The standard InChI is InChI=1S/C12H13F3N4/c1-16-10(12(13,14)15)11-18-7-9(19-11)6-8-2-4-17-5-3-8/h2-5,7,10,16H,6H2,1H3,(H,18,19)/t10-/m1/s1. The number of nitrogens with one attached hydrogen (secondary N) is 2. The molecule has 0 aliphatic carbocycles. The van der Waals surface area contributed by atoms with E-state index < -0.39 is 12.2 Å². The second-order valence-electron chi connectivity index (χ2n) is 4.09. The van der Waals surface area contributed by atoms with E-state index in [1.165, 1.54) is 13.2 Å². The van der Waals surface area contributed by atoms with Crippen molar-refractivity contribution in [1.82, 2.24) is 20.3 Å². The summed E-state index contributed by atoms with van der Waals surface area (Å²) < 4.78 is 38.1. The SMILES string of the molecule is CN[C@H](c1ncc(Cc2ccncc2)[nH]1)C(F)(F)F. The molecule has 0 unspecified atom stereocenters. The Kier molecular flexibility index (Phi) is 3.84. The van der Waals surface area contributed by atoms with Gasteiger partial charge in [-0.25, -0.2) is 4.98 Å². The summed E-state index contributed by atoms with van der Waals surface area (Å²) in [5.41, 5.74) is 1.59. The van der Waals surface area contributed by atoms with Crippen LogP contribution in [0.15, 0.2) is 30.7 Å². The summed E-state index contributed by atoms with van der Waals surface area (Å²) in [6.45, 7) is 0. The molecule has 0 radical (unpaired) electrons. The van der Waals surface area contributed by atoms with E-state index >= 15 is 0 Å². The summed E-state index contributed by atoms with van der Waals surface area (Å²) >= 11 is 0. The molecule has 19 heavy (non-hydrogen) atoms. The second-order valence-corrected chi connectivity index (χ2v) is 4.09. The Bertz CT molecular complexity index is 521. The Balaban J connectivity index is 2.15. The number of nitrogens with zero attached hydrogens (tertiary/aromatic N) is 2. The van der Waals surface area contributed by atoms with Gasteiger partial charge in [-0.15, -0.1) is 0 Å². The van der Waals surface area contributed by atoms with Gasteiger partial charge in [0.05, 0.1) is 0 Å². The van der Waals surface area contributed by atoms with Gasteiger partial charge < -0.3 is 10.3 Å². The van der Waals surface area contributed by atoms with Crippen LogP contribution >= 0.6 is 0 Å². The van der Waals surface area contributed by atoms with Crippen LogP contribution in [0.25, 0.3) is 0 Å². The van der Waals surface area contributed by atoms with Crippen molar-refractivity contribution < 1.29 is 13.2 Å². The lowest BCUT2D eigenvalue weighted by atomic mass is 10.1. The number of aromatic nitrogens is 3. The average molecular weight is 270 g/mol. The lowest BCUT2D eigenvalue weighted by molar-refractivity contribution is -0.158. The highest BCUT2D eigenvalue weighted by Gasteiger charge is 2.41. The predicted molar refractivity (Wildman–Crippen MR) is 63.5 cm³/mol. The molecule has 0 aliphatic heterocycles. The van der Waals surface area contributed by atoms with Crippen molar-refractivity contribution in [2.45, 2.75) is 18.6 Å². The molecule has 2 aromatic rings. The molecule has 4 nitrogen and oxygen atoms in total. The van der Waals surface area contributed by atoms with Crippen LogP contribution in [0.1, 0.15) is 23.1 Å². The Morgan fingerprint density at radius 1 is 1.32 bits per heavy atom. The first-order chi connectivity index (χ1) is 9.00. The number of H-pyrrole nitrogens is 1. The van der Waals surface area contributed by atoms with Gasteiger partial charge in [-0.05, 0) is 24.7 Å². The van der Waals surface area contributed by atoms with Gasteiger partial charge >= 0.3 is 6.18 Å². The first-order valence-corrected chi connectivity index (χ1v) is 5.67. The first-order valence-electron chi connectivity index (χ1n) is 5.67. The van der Waals surface area contributed by atoms with Crippen molar-refractivity contribution in [2.24, 2.45) is 0 Å². The highest BCUT2D eigenvalue weighted by atomic mass is 19.4. The molecule has 0 spiro atoms. The number of imidazole rings is 1. The molecular formula is C12H13F3N4. The minimum absolute atomic E-state index is 0.126. The van der Waals surface area contributed by atoms with Crippen molar-refractivity contribution in [3.63, 3.8) is 0 Å². The summed E-state index contributed by atoms with van der Waals surface area (Å²) in [5.74, 6) is -0.126. The first kappa shape index (κ1) is 13.5. The summed E-state index contributed by atoms with van der Waals surface area (Å²) in [7, 11) is 1.25. The van der Waals surface area contributed by atoms with Gasteiger partial charge in [-0.3, -0.25) is 4.98 Å². The van der Waals surface area contributed by atoms with Gasteiger partial charge in [0.25, 0.3) is 0 Å². The van der Waals surface area contributed by atoms with Crippen molar-refractivity contribution in [1.29, 1.82) is 0 Å². The minimum atomic E-state index is -4.37. The van der Waals surface area contributed by atoms with Crippen LogP contribution < -0.4 is 5.32 Å². The molecule has 1 atom stereocenters. The van der Waals surface area contributed by atoms with E-state index in [1.54, 1.807) is 24.5 Å².